The molecule has 3 N–H and O–H groups in total. The highest BCUT2D eigenvalue weighted by Crippen LogP contribution is 2.20. The number of carbonyl (C=O) groups excluding carboxylic acids is 1. The molecule has 1 aromatic heterocycles. The molecule has 0 fully saturated rings. The molecule has 22 heavy (non-hydrogen) atoms. The van der Waals surface area contributed by atoms with Gasteiger partial charge in [-0.1, -0.05) is 0 Å². The lowest BCUT2D eigenvalue weighted by molar-refractivity contribution is 0.249. The van der Waals surface area contributed by atoms with Crippen LogP contribution in [0.3, 0.4) is 0 Å². The first-order chi connectivity index (χ1) is 10.5. The third kappa shape index (κ3) is 4.21. The number of nitrogens with zero attached hydrogens (tertiary/aromatic N) is 1. The summed E-state index contributed by atoms with van der Waals surface area (Å²) in [6, 6.07) is 5.45. The van der Waals surface area contributed by atoms with Crippen LogP contribution in [-0.4, -0.2) is 29.4 Å². The van der Waals surface area contributed by atoms with Crippen molar-refractivity contribution in [3.63, 3.8) is 0 Å². The van der Waals surface area contributed by atoms with Gasteiger partial charge in [-0.2, -0.15) is 5.10 Å². The fourth-order valence-electron chi connectivity index (χ4n) is 2.05. The first-order valence-corrected chi connectivity index (χ1v) is 6.90. The van der Waals surface area contributed by atoms with Crippen molar-refractivity contribution in [2.75, 3.05) is 12.4 Å². The third-order valence-electron chi connectivity index (χ3n) is 3.07. The van der Waals surface area contributed by atoms with E-state index >= 15 is 0 Å². The number of nitrogens with one attached hydrogen (secondary N) is 3. The van der Waals surface area contributed by atoms with Gasteiger partial charge in [0.05, 0.1) is 18.5 Å². The van der Waals surface area contributed by atoms with Gasteiger partial charge < -0.3 is 15.4 Å². The molecule has 0 saturated heterocycles. The molecule has 2 amide bonds. The number of rotatable bonds is 5. The van der Waals surface area contributed by atoms with Crippen LogP contribution in [0.1, 0.15) is 18.3 Å². The Labute approximate surface area is 128 Å². The number of urea groups is 1. The molecule has 118 valence electrons. The molecule has 2 aromatic rings. The molecule has 1 atom stereocenters. The van der Waals surface area contributed by atoms with Crippen LogP contribution >= 0.6 is 0 Å². The van der Waals surface area contributed by atoms with Crippen molar-refractivity contribution >= 4 is 11.7 Å². The van der Waals surface area contributed by atoms with Gasteiger partial charge in [0.2, 0.25) is 0 Å². The fourth-order valence-corrected chi connectivity index (χ4v) is 2.05. The molecule has 0 aliphatic carbocycles. The second-order valence-corrected chi connectivity index (χ2v) is 5.09. The molecule has 0 bridgehead atoms. The van der Waals surface area contributed by atoms with Gasteiger partial charge in [-0.15, -0.1) is 0 Å². The van der Waals surface area contributed by atoms with Gasteiger partial charge in [-0.25, -0.2) is 9.18 Å². The average molecular weight is 306 g/mol. The van der Waals surface area contributed by atoms with Crippen LogP contribution in [0.5, 0.6) is 5.75 Å². The minimum atomic E-state index is -0.522. The Morgan fingerprint density at radius 1 is 1.45 bits per heavy atom. The topological polar surface area (TPSA) is 79.0 Å². The minimum absolute atomic E-state index is 0.0691. The summed E-state index contributed by atoms with van der Waals surface area (Å²) in [4.78, 5) is 11.9. The van der Waals surface area contributed by atoms with Gasteiger partial charge in [-0.05, 0) is 32.0 Å². The van der Waals surface area contributed by atoms with E-state index in [2.05, 4.69) is 20.8 Å². The van der Waals surface area contributed by atoms with E-state index < -0.39 is 11.8 Å². The van der Waals surface area contributed by atoms with E-state index in [-0.39, 0.29) is 11.7 Å². The number of benzene rings is 1. The molecule has 7 heteroatoms. The number of amides is 2. The highest BCUT2D eigenvalue weighted by atomic mass is 19.1. The molecular formula is C15H19FN4O2. The van der Waals surface area contributed by atoms with Crippen LogP contribution in [0.4, 0.5) is 14.9 Å². The Kier molecular flexibility index (Phi) is 4.98. The Morgan fingerprint density at radius 3 is 2.86 bits per heavy atom. The normalized spacial score (nSPS) is 11.8. The lowest BCUT2D eigenvalue weighted by Crippen LogP contribution is -2.37. The zero-order valence-electron chi connectivity index (χ0n) is 12.7. The first-order valence-electron chi connectivity index (χ1n) is 6.90. The maximum absolute atomic E-state index is 13.6. The SMILES string of the molecule is COc1ccc(F)c(NC(=O)N[C@@H](C)Cc2cc(C)[nH]n2)c1. The quantitative estimate of drug-likeness (QED) is 0.794. The van der Waals surface area contributed by atoms with E-state index in [4.69, 9.17) is 4.74 Å². The molecule has 1 aromatic carbocycles. The number of aryl methyl sites for hydroxylation is 1. The van der Waals surface area contributed by atoms with Crippen LogP contribution < -0.4 is 15.4 Å². The van der Waals surface area contributed by atoms with E-state index in [1.807, 2.05) is 19.9 Å². The fraction of sp³-hybridized carbons (Fsp3) is 0.333. The molecule has 1 heterocycles. The first kappa shape index (κ1) is 15.8. The molecule has 6 nitrogen and oxygen atoms in total. The summed E-state index contributed by atoms with van der Waals surface area (Å²) in [7, 11) is 1.48. The van der Waals surface area contributed by atoms with E-state index in [9.17, 15) is 9.18 Å². The van der Waals surface area contributed by atoms with Gasteiger partial charge in [0.15, 0.2) is 0 Å². The number of aromatic nitrogens is 2. The summed E-state index contributed by atoms with van der Waals surface area (Å²) in [5, 5.41) is 12.2. The van der Waals surface area contributed by atoms with E-state index in [1.165, 1.54) is 25.3 Å². The number of hydrogen-bond donors (Lipinski definition) is 3. The molecule has 0 saturated carbocycles. The van der Waals surface area contributed by atoms with Crippen molar-refractivity contribution in [2.24, 2.45) is 0 Å². The van der Waals surface area contributed by atoms with Crippen LogP contribution in [0, 0.1) is 12.7 Å². The Balaban J connectivity index is 1.92. The molecule has 2 rings (SSSR count). The number of ether oxygens (including phenoxy) is 1. The second-order valence-electron chi connectivity index (χ2n) is 5.09. The molecule has 0 aliphatic heterocycles. The van der Waals surface area contributed by atoms with Crippen LogP contribution in [-0.2, 0) is 6.42 Å². The standard InChI is InChI=1S/C15H19FN4O2/c1-9(6-11-7-10(2)19-20-11)17-15(21)18-14-8-12(22-3)4-5-13(14)16/h4-5,7-9H,6H2,1-3H3,(H,19,20)(H2,17,18,21)/t9-/m0/s1. The summed E-state index contributed by atoms with van der Waals surface area (Å²) in [5.41, 5.74) is 1.89. The summed E-state index contributed by atoms with van der Waals surface area (Å²) >= 11 is 0. The number of H-pyrrole nitrogens is 1. The van der Waals surface area contributed by atoms with Crippen molar-refractivity contribution in [1.29, 1.82) is 0 Å². The van der Waals surface area contributed by atoms with Crippen molar-refractivity contribution in [1.82, 2.24) is 15.5 Å². The summed E-state index contributed by atoms with van der Waals surface area (Å²) in [6.45, 7) is 3.76. The van der Waals surface area contributed by atoms with Gasteiger partial charge in [0.25, 0.3) is 0 Å². The monoisotopic (exact) mass is 306 g/mol. The second kappa shape index (κ2) is 6.93. The Bertz CT molecular complexity index is 657. The summed E-state index contributed by atoms with van der Waals surface area (Å²) < 4.78 is 18.6. The van der Waals surface area contributed by atoms with Gasteiger partial charge >= 0.3 is 6.03 Å². The maximum atomic E-state index is 13.6. The molecular weight excluding hydrogens is 287 g/mol. The van der Waals surface area contributed by atoms with Gasteiger partial charge in [0, 0.05) is 24.2 Å². The zero-order chi connectivity index (χ0) is 16.1. The lowest BCUT2D eigenvalue weighted by atomic mass is 10.2. The molecule has 0 unspecified atom stereocenters. The molecule has 0 radical (unpaired) electrons. The highest BCUT2D eigenvalue weighted by molar-refractivity contribution is 5.89. The van der Waals surface area contributed by atoms with Crippen molar-refractivity contribution in [2.45, 2.75) is 26.3 Å². The van der Waals surface area contributed by atoms with E-state index in [0.717, 1.165) is 11.4 Å². The predicted molar refractivity (Wildman–Crippen MR) is 81.6 cm³/mol. The number of methoxy groups -OCH3 is 1. The minimum Gasteiger partial charge on any atom is -0.497 e. The average Bonchev–Trinajstić information content (AvgIpc) is 2.86. The van der Waals surface area contributed by atoms with Crippen molar-refractivity contribution < 1.29 is 13.9 Å². The van der Waals surface area contributed by atoms with Crippen LogP contribution in [0.15, 0.2) is 24.3 Å². The van der Waals surface area contributed by atoms with Gasteiger partial charge in [-0.3, -0.25) is 5.10 Å². The molecule has 0 aliphatic rings. The predicted octanol–water partition coefficient (Wildman–Crippen LogP) is 2.62. The highest BCUT2D eigenvalue weighted by Gasteiger charge is 2.12. The number of aromatic amines is 1. The number of hydrogen-bond acceptors (Lipinski definition) is 3. The van der Waals surface area contributed by atoms with Crippen LogP contribution in [0.2, 0.25) is 0 Å². The Hall–Kier alpha value is -2.57. The third-order valence-corrected chi connectivity index (χ3v) is 3.07. The zero-order valence-corrected chi connectivity index (χ0v) is 12.7. The van der Waals surface area contributed by atoms with Gasteiger partial charge in [0.1, 0.15) is 11.6 Å². The number of carbonyl (C=O) groups is 1. The lowest BCUT2D eigenvalue weighted by Gasteiger charge is -2.14. The summed E-state index contributed by atoms with van der Waals surface area (Å²) in [6.07, 6.45) is 0.582. The smallest absolute Gasteiger partial charge is 0.319 e. The number of halogens is 1. The van der Waals surface area contributed by atoms with E-state index in [0.29, 0.717) is 12.2 Å². The summed E-state index contributed by atoms with van der Waals surface area (Å²) in [5.74, 6) is -0.0525. The Morgan fingerprint density at radius 2 is 2.23 bits per heavy atom. The molecule has 0 spiro atoms. The van der Waals surface area contributed by atoms with E-state index in [1.54, 1.807) is 0 Å². The van der Waals surface area contributed by atoms with Crippen LogP contribution in [0.25, 0.3) is 0 Å². The maximum Gasteiger partial charge on any atom is 0.319 e. The largest absolute Gasteiger partial charge is 0.497 e. The number of anilines is 1. The van der Waals surface area contributed by atoms with Crippen molar-refractivity contribution in [3.8, 4) is 5.75 Å². The van der Waals surface area contributed by atoms with Crippen molar-refractivity contribution in [3.05, 3.63) is 41.5 Å².